The number of carbonyl (C=O) groups is 1. The van der Waals surface area contributed by atoms with Crippen LogP contribution in [0.4, 0.5) is 5.69 Å². The van der Waals surface area contributed by atoms with Gasteiger partial charge in [-0.1, -0.05) is 36.4 Å². The molecule has 1 aliphatic rings. The molecule has 1 aliphatic heterocycles. The van der Waals surface area contributed by atoms with Crippen molar-refractivity contribution in [2.45, 2.75) is 24.8 Å². The highest BCUT2D eigenvalue weighted by atomic mass is 16.5. The average molecular weight is 368 g/mol. The minimum Gasteiger partial charge on any atom is -0.497 e. The highest BCUT2D eigenvalue weighted by Crippen LogP contribution is 2.30. The first kappa shape index (κ1) is 19.2. The number of carbonyl (C=O) groups excluding carboxylic acids is 1. The van der Waals surface area contributed by atoms with E-state index >= 15 is 0 Å². The van der Waals surface area contributed by atoms with Crippen molar-refractivity contribution in [1.29, 1.82) is 0 Å². The van der Waals surface area contributed by atoms with Gasteiger partial charge in [0.25, 0.3) is 0 Å². The lowest BCUT2D eigenvalue weighted by Gasteiger charge is -2.40. The summed E-state index contributed by atoms with van der Waals surface area (Å²) in [6.07, 6.45) is 2.45. The Morgan fingerprint density at radius 1 is 1.07 bits per heavy atom. The SMILES string of the molecule is COC(=O)C1(Nc2cccc(OC)c2)CCN(CCc2ccccc2)CC1. The number of ether oxygens (including phenoxy) is 2. The van der Waals surface area contributed by atoms with E-state index in [1.165, 1.54) is 12.7 Å². The van der Waals surface area contributed by atoms with Gasteiger partial charge < -0.3 is 19.7 Å². The molecule has 1 heterocycles. The van der Waals surface area contributed by atoms with Crippen LogP contribution in [-0.4, -0.2) is 50.3 Å². The van der Waals surface area contributed by atoms with Crippen LogP contribution in [0.5, 0.6) is 5.75 Å². The zero-order chi connectivity index (χ0) is 19.1. The van der Waals surface area contributed by atoms with Gasteiger partial charge in [-0.25, -0.2) is 4.79 Å². The number of esters is 1. The van der Waals surface area contributed by atoms with Gasteiger partial charge >= 0.3 is 5.97 Å². The van der Waals surface area contributed by atoms with Crippen LogP contribution in [0.2, 0.25) is 0 Å². The molecule has 0 aromatic heterocycles. The molecule has 0 aliphatic carbocycles. The quantitative estimate of drug-likeness (QED) is 0.760. The maximum Gasteiger partial charge on any atom is 0.331 e. The number of benzene rings is 2. The molecule has 0 spiro atoms. The summed E-state index contributed by atoms with van der Waals surface area (Å²) in [5, 5.41) is 3.43. The number of piperidine rings is 1. The van der Waals surface area contributed by atoms with Gasteiger partial charge in [0.2, 0.25) is 0 Å². The van der Waals surface area contributed by atoms with Crippen molar-refractivity contribution in [3.63, 3.8) is 0 Å². The van der Waals surface area contributed by atoms with E-state index in [0.717, 1.165) is 37.5 Å². The van der Waals surface area contributed by atoms with Crippen LogP contribution in [0.3, 0.4) is 0 Å². The molecule has 1 saturated heterocycles. The summed E-state index contributed by atoms with van der Waals surface area (Å²) in [6, 6.07) is 18.2. The number of nitrogens with one attached hydrogen (secondary N) is 1. The van der Waals surface area contributed by atoms with Crippen molar-refractivity contribution >= 4 is 11.7 Å². The summed E-state index contributed by atoms with van der Waals surface area (Å²) in [7, 11) is 3.10. The van der Waals surface area contributed by atoms with E-state index in [1.54, 1.807) is 7.11 Å². The zero-order valence-electron chi connectivity index (χ0n) is 16.1. The Kier molecular flexibility index (Phi) is 6.35. The van der Waals surface area contributed by atoms with Crippen LogP contribution in [-0.2, 0) is 16.0 Å². The Morgan fingerprint density at radius 2 is 1.81 bits per heavy atom. The third-order valence-electron chi connectivity index (χ3n) is 5.30. The van der Waals surface area contributed by atoms with Crippen LogP contribution < -0.4 is 10.1 Å². The second-order valence-corrected chi connectivity index (χ2v) is 7.01. The molecule has 3 rings (SSSR count). The predicted molar refractivity (Wildman–Crippen MR) is 107 cm³/mol. The molecule has 0 unspecified atom stereocenters. The van der Waals surface area contributed by atoms with Gasteiger partial charge in [0.1, 0.15) is 11.3 Å². The van der Waals surface area contributed by atoms with E-state index in [9.17, 15) is 4.79 Å². The maximum absolute atomic E-state index is 12.6. The number of rotatable bonds is 7. The molecular weight excluding hydrogens is 340 g/mol. The molecule has 2 aromatic carbocycles. The number of hydrogen-bond acceptors (Lipinski definition) is 5. The molecule has 27 heavy (non-hydrogen) atoms. The number of likely N-dealkylation sites (tertiary alicyclic amines) is 1. The molecular formula is C22H28N2O3. The van der Waals surface area contributed by atoms with Gasteiger partial charge in [0, 0.05) is 31.4 Å². The summed E-state index contributed by atoms with van der Waals surface area (Å²) < 4.78 is 10.4. The minimum atomic E-state index is -0.690. The molecule has 0 saturated carbocycles. The second kappa shape index (κ2) is 8.91. The molecule has 0 atom stereocenters. The molecule has 5 heteroatoms. The highest BCUT2D eigenvalue weighted by Gasteiger charge is 2.42. The van der Waals surface area contributed by atoms with E-state index in [-0.39, 0.29) is 5.97 Å². The van der Waals surface area contributed by atoms with Crippen LogP contribution in [0, 0.1) is 0 Å². The van der Waals surface area contributed by atoms with E-state index in [1.807, 2.05) is 30.3 Å². The lowest BCUT2D eigenvalue weighted by molar-refractivity contribution is -0.147. The third kappa shape index (κ3) is 4.80. The largest absolute Gasteiger partial charge is 0.497 e. The smallest absolute Gasteiger partial charge is 0.331 e. The van der Waals surface area contributed by atoms with Crippen molar-refractivity contribution in [2.24, 2.45) is 0 Å². The second-order valence-electron chi connectivity index (χ2n) is 7.01. The van der Waals surface area contributed by atoms with Crippen molar-refractivity contribution < 1.29 is 14.3 Å². The van der Waals surface area contributed by atoms with Crippen LogP contribution in [0.1, 0.15) is 18.4 Å². The first-order valence-corrected chi connectivity index (χ1v) is 9.42. The van der Waals surface area contributed by atoms with Gasteiger partial charge in [-0.3, -0.25) is 0 Å². The molecule has 1 N–H and O–H groups in total. The van der Waals surface area contributed by atoms with Gasteiger partial charge in [-0.05, 0) is 37.0 Å². The first-order valence-electron chi connectivity index (χ1n) is 9.42. The summed E-state index contributed by atoms with van der Waals surface area (Å²) in [5.41, 5.74) is 1.53. The fraction of sp³-hybridized carbons (Fsp3) is 0.409. The monoisotopic (exact) mass is 368 g/mol. The van der Waals surface area contributed by atoms with Crippen molar-refractivity contribution in [2.75, 3.05) is 39.2 Å². The average Bonchev–Trinajstić information content (AvgIpc) is 2.73. The Balaban J connectivity index is 1.63. The fourth-order valence-corrected chi connectivity index (χ4v) is 3.64. The molecule has 144 valence electrons. The maximum atomic E-state index is 12.6. The Hall–Kier alpha value is -2.53. The fourth-order valence-electron chi connectivity index (χ4n) is 3.64. The molecule has 0 amide bonds. The topological polar surface area (TPSA) is 50.8 Å². The van der Waals surface area contributed by atoms with Gasteiger partial charge in [0.15, 0.2) is 0 Å². The summed E-state index contributed by atoms with van der Waals surface area (Å²) >= 11 is 0. The van der Waals surface area contributed by atoms with Crippen LogP contribution >= 0.6 is 0 Å². The van der Waals surface area contributed by atoms with E-state index in [2.05, 4.69) is 34.5 Å². The van der Waals surface area contributed by atoms with E-state index in [4.69, 9.17) is 9.47 Å². The van der Waals surface area contributed by atoms with E-state index in [0.29, 0.717) is 12.8 Å². The molecule has 1 fully saturated rings. The van der Waals surface area contributed by atoms with Crippen LogP contribution in [0.25, 0.3) is 0 Å². The molecule has 2 aromatic rings. The molecule has 5 nitrogen and oxygen atoms in total. The van der Waals surface area contributed by atoms with Crippen LogP contribution in [0.15, 0.2) is 54.6 Å². The van der Waals surface area contributed by atoms with Gasteiger partial charge in [-0.2, -0.15) is 0 Å². The molecule has 0 bridgehead atoms. The lowest BCUT2D eigenvalue weighted by Crippen LogP contribution is -2.55. The van der Waals surface area contributed by atoms with Gasteiger partial charge in [-0.15, -0.1) is 0 Å². The normalized spacial score (nSPS) is 16.5. The Bertz CT molecular complexity index is 740. The van der Waals surface area contributed by atoms with Gasteiger partial charge in [0.05, 0.1) is 14.2 Å². The third-order valence-corrected chi connectivity index (χ3v) is 5.30. The Morgan fingerprint density at radius 3 is 2.48 bits per heavy atom. The number of nitrogens with zero attached hydrogens (tertiary/aromatic N) is 1. The highest BCUT2D eigenvalue weighted by molar-refractivity contribution is 5.84. The first-order chi connectivity index (χ1) is 13.1. The number of anilines is 1. The number of hydrogen-bond donors (Lipinski definition) is 1. The Labute approximate surface area is 161 Å². The molecule has 0 radical (unpaired) electrons. The summed E-state index contributed by atoms with van der Waals surface area (Å²) in [5.74, 6) is 0.563. The summed E-state index contributed by atoms with van der Waals surface area (Å²) in [4.78, 5) is 15.0. The zero-order valence-corrected chi connectivity index (χ0v) is 16.1. The minimum absolute atomic E-state index is 0.201. The van der Waals surface area contributed by atoms with Crippen molar-refractivity contribution in [1.82, 2.24) is 4.90 Å². The van der Waals surface area contributed by atoms with Crippen molar-refractivity contribution in [3.05, 3.63) is 60.2 Å². The van der Waals surface area contributed by atoms with E-state index < -0.39 is 5.54 Å². The van der Waals surface area contributed by atoms with Crippen molar-refractivity contribution in [3.8, 4) is 5.75 Å². The lowest BCUT2D eigenvalue weighted by atomic mass is 9.86. The summed E-state index contributed by atoms with van der Waals surface area (Å²) in [6.45, 7) is 2.72. The predicted octanol–water partition coefficient (Wildman–Crippen LogP) is 3.36. The number of methoxy groups -OCH3 is 2. The standard InChI is InChI=1S/C22H28N2O3/c1-26-20-10-6-9-19(17-20)23-22(21(25)27-2)12-15-24(16-13-22)14-11-18-7-4-3-5-8-18/h3-10,17,23H,11-16H2,1-2H3.